The summed E-state index contributed by atoms with van der Waals surface area (Å²) in [7, 11) is 1.86. The molecule has 4 heterocycles. The first-order chi connectivity index (χ1) is 17.7. The van der Waals surface area contributed by atoms with Crippen LogP contribution in [0.3, 0.4) is 0 Å². The second kappa shape index (κ2) is 8.22. The maximum absolute atomic E-state index is 15.3. The number of oxazole rings is 1. The molecule has 0 spiro atoms. The van der Waals surface area contributed by atoms with E-state index in [9.17, 15) is 4.79 Å². The van der Waals surface area contributed by atoms with Gasteiger partial charge in [0.2, 0.25) is 11.8 Å². The van der Waals surface area contributed by atoms with Crippen molar-refractivity contribution in [1.82, 2.24) is 24.7 Å². The van der Waals surface area contributed by atoms with Crippen molar-refractivity contribution >= 4 is 28.3 Å². The molecule has 1 aliphatic carbocycles. The first-order valence-corrected chi connectivity index (χ1v) is 11.8. The van der Waals surface area contributed by atoms with Gasteiger partial charge >= 0.3 is 0 Å². The van der Waals surface area contributed by atoms with E-state index in [-0.39, 0.29) is 17.6 Å². The Morgan fingerprint density at radius 1 is 1.24 bits per heavy atom. The number of nitrogens with two attached hydrogens (primary N) is 1. The molecule has 1 aliphatic rings. The summed E-state index contributed by atoms with van der Waals surface area (Å²) in [4.78, 5) is 26.0. The van der Waals surface area contributed by atoms with Gasteiger partial charge in [-0.1, -0.05) is 6.92 Å². The van der Waals surface area contributed by atoms with E-state index in [1.54, 1.807) is 42.2 Å². The van der Waals surface area contributed by atoms with Crippen LogP contribution in [0, 0.1) is 18.2 Å². The first-order valence-electron chi connectivity index (χ1n) is 11.8. The molecular formula is C27H24FN7O2. The van der Waals surface area contributed by atoms with Gasteiger partial charge in [0, 0.05) is 41.9 Å². The Morgan fingerprint density at radius 3 is 2.78 bits per heavy atom. The lowest BCUT2D eigenvalue weighted by molar-refractivity contribution is -0.120. The summed E-state index contributed by atoms with van der Waals surface area (Å²) in [5, 5.41) is 8.45. The fourth-order valence-corrected chi connectivity index (χ4v) is 4.91. The Hall–Kier alpha value is -4.60. The fourth-order valence-electron chi connectivity index (χ4n) is 4.91. The van der Waals surface area contributed by atoms with E-state index in [0.29, 0.717) is 44.9 Å². The Bertz CT molecular complexity index is 1650. The molecule has 1 fully saturated rings. The molecule has 0 aliphatic heterocycles. The second-order valence-electron chi connectivity index (χ2n) is 9.75. The van der Waals surface area contributed by atoms with Gasteiger partial charge in [-0.2, -0.15) is 5.10 Å². The number of fused-ring (bicyclic) bond motifs is 1. The van der Waals surface area contributed by atoms with E-state index in [0.717, 1.165) is 12.0 Å². The Labute approximate surface area is 211 Å². The zero-order valence-electron chi connectivity index (χ0n) is 20.5. The summed E-state index contributed by atoms with van der Waals surface area (Å²) in [6, 6.07) is 6.63. The van der Waals surface area contributed by atoms with Crippen molar-refractivity contribution in [2.24, 2.45) is 12.5 Å². The maximum Gasteiger partial charge on any atom is 0.232 e. The van der Waals surface area contributed by atoms with E-state index in [4.69, 9.17) is 10.2 Å². The van der Waals surface area contributed by atoms with E-state index in [1.807, 2.05) is 20.2 Å². The van der Waals surface area contributed by atoms with E-state index in [2.05, 4.69) is 25.4 Å². The molecule has 37 heavy (non-hydrogen) atoms. The third-order valence-electron chi connectivity index (χ3n) is 7.09. The highest BCUT2D eigenvalue weighted by Gasteiger charge is 2.57. The van der Waals surface area contributed by atoms with Crippen molar-refractivity contribution in [3.63, 3.8) is 0 Å². The minimum absolute atomic E-state index is 0.110. The molecule has 10 heteroatoms. The lowest BCUT2D eigenvalue weighted by Gasteiger charge is -2.13. The van der Waals surface area contributed by atoms with Crippen LogP contribution in [0.25, 0.3) is 33.5 Å². The summed E-state index contributed by atoms with van der Waals surface area (Å²) in [5.41, 5.74) is 8.63. The standard InChI is InChI=1S/C27H24FN7O2/c1-14-6-16(25-30-4-5-37-25)7-20(28)23(14)21-8-15-9-22(31-12-18(15)24(29)33-21)34-26(36)27(2)10-19(27)17-11-32-35(3)13-17/h4-9,11-13,19H,10H2,1-3H3,(H2,29,33)(H,31,34,36)/t19-,27+/m0/s1. The molecule has 0 saturated heterocycles. The number of nitrogens with one attached hydrogen (secondary N) is 1. The third kappa shape index (κ3) is 3.90. The van der Waals surface area contributed by atoms with Gasteiger partial charge < -0.3 is 15.5 Å². The SMILES string of the molecule is Cc1cc(-c2ncco2)cc(F)c1-c1cc2cc(NC(=O)[C@]3(C)C[C@H]3c3cnn(C)c3)ncc2c(N)n1. The van der Waals surface area contributed by atoms with E-state index >= 15 is 4.39 Å². The number of aromatic nitrogens is 5. The summed E-state index contributed by atoms with van der Waals surface area (Å²) in [6.07, 6.45) is 8.99. The topological polar surface area (TPSA) is 125 Å². The van der Waals surface area contributed by atoms with E-state index < -0.39 is 11.2 Å². The van der Waals surface area contributed by atoms with Crippen LogP contribution >= 0.6 is 0 Å². The molecular weight excluding hydrogens is 473 g/mol. The molecule has 1 aromatic carbocycles. The largest absolute Gasteiger partial charge is 0.445 e. The highest BCUT2D eigenvalue weighted by atomic mass is 19.1. The number of hydrogen-bond acceptors (Lipinski definition) is 7. The lowest BCUT2D eigenvalue weighted by Crippen LogP contribution is -2.23. The Morgan fingerprint density at radius 2 is 2.08 bits per heavy atom. The minimum Gasteiger partial charge on any atom is -0.445 e. The smallest absolute Gasteiger partial charge is 0.232 e. The summed E-state index contributed by atoms with van der Waals surface area (Å²) in [6.45, 7) is 3.73. The van der Waals surface area contributed by atoms with Crippen molar-refractivity contribution in [2.45, 2.75) is 26.2 Å². The van der Waals surface area contributed by atoms with Crippen LogP contribution in [-0.2, 0) is 11.8 Å². The molecule has 9 nitrogen and oxygen atoms in total. The van der Waals surface area contributed by atoms with Crippen LogP contribution in [-0.4, -0.2) is 30.6 Å². The number of anilines is 2. The monoisotopic (exact) mass is 497 g/mol. The number of carbonyl (C=O) groups is 1. The molecule has 6 rings (SSSR count). The number of amides is 1. The third-order valence-corrected chi connectivity index (χ3v) is 7.09. The number of benzene rings is 1. The van der Waals surface area contributed by atoms with Gasteiger partial charge in [0.05, 0.1) is 23.5 Å². The van der Waals surface area contributed by atoms with Crippen molar-refractivity contribution in [1.29, 1.82) is 0 Å². The van der Waals surface area contributed by atoms with Crippen LogP contribution in [0.5, 0.6) is 0 Å². The molecule has 0 radical (unpaired) electrons. The molecule has 2 atom stereocenters. The molecule has 1 amide bonds. The van der Waals surface area contributed by atoms with Gasteiger partial charge in [-0.3, -0.25) is 9.48 Å². The predicted molar refractivity (Wildman–Crippen MR) is 137 cm³/mol. The molecule has 3 N–H and O–H groups in total. The van der Waals surface area contributed by atoms with Gasteiger partial charge in [-0.25, -0.2) is 19.3 Å². The zero-order valence-corrected chi connectivity index (χ0v) is 20.5. The first kappa shape index (κ1) is 22.8. The Balaban J connectivity index is 1.31. The average Bonchev–Trinajstić information content (AvgIpc) is 3.19. The number of nitrogen functional groups attached to an aromatic ring is 1. The number of halogens is 1. The van der Waals surface area contributed by atoms with Gasteiger partial charge in [0.15, 0.2) is 0 Å². The summed E-state index contributed by atoms with van der Waals surface area (Å²) >= 11 is 0. The van der Waals surface area contributed by atoms with Crippen molar-refractivity contribution < 1.29 is 13.6 Å². The molecule has 186 valence electrons. The minimum atomic E-state index is -0.535. The van der Waals surface area contributed by atoms with Crippen molar-refractivity contribution in [3.05, 3.63) is 72.3 Å². The van der Waals surface area contributed by atoms with Gasteiger partial charge in [0.1, 0.15) is 23.7 Å². The summed E-state index contributed by atoms with van der Waals surface area (Å²) in [5.74, 6) is 0.479. The number of nitrogens with zero attached hydrogens (tertiary/aromatic N) is 5. The lowest BCUT2D eigenvalue weighted by atomic mass is 9.99. The average molecular weight is 498 g/mol. The van der Waals surface area contributed by atoms with Gasteiger partial charge in [0.25, 0.3) is 0 Å². The van der Waals surface area contributed by atoms with Crippen molar-refractivity contribution in [2.75, 3.05) is 11.1 Å². The van der Waals surface area contributed by atoms with Crippen LogP contribution in [0.15, 0.2) is 59.7 Å². The predicted octanol–water partition coefficient (Wildman–Crippen LogP) is 4.85. The van der Waals surface area contributed by atoms with Crippen molar-refractivity contribution in [3.8, 4) is 22.7 Å². The number of rotatable bonds is 5. The van der Waals surface area contributed by atoms with Crippen LogP contribution in [0.2, 0.25) is 0 Å². The molecule has 0 bridgehead atoms. The molecule has 4 aromatic heterocycles. The number of pyridine rings is 2. The number of carbonyl (C=O) groups excluding carboxylic acids is 1. The molecule has 5 aromatic rings. The van der Waals surface area contributed by atoms with Crippen LogP contribution in [0.4, 0.5) is 16.0 Å². The Kier molecular flexibility index (Phi) is 5.08. The highest BCUT2D eigenvalue weighted by Crippen LogP contribution is 2.59. The van der Waals surface area contributed by atoms with Crippen LogP contribution < -0.4 is 11.1 Å². The normalized spacial score (nSPS) is 18.8. The number of aryl methyl sites for hydroxylation is 2. The quantitative estimate of drug-likeness (QED) is 0.356. The zero-order chi connectivity index (χ0) is 25.9. The maximum atomic E-state index is 15.3. The highest BCUT2D eigenvalue weighted by molar-refractivity contribution is 6.00. The van der Waals surface area contributed by atoms with Gasteiger partial charge in [-0.05, 0) is 54.1 Å². The van der Waals surface area contributed by atoms with Crippen LogP contribution in [0.1, 0.15) is 30.4 Å². The second-order valence-corrected chi connectivity index (χ2v) is 9.75. The molecule has 1 saturated carbocycles. The fraction of sp³-hybridized carbons (Fsp3) is 0.222. The summed E-state index contributed by atoms with van der Waals surface area (Å²) < 4.78 is 22.3. The number of hydrogen-bond donors (Lipinski definition) is 2. The van der Waals surface area contributed by atoms with E-state index in [1.165, 1.54) is 18.5 Å². The molecule has 0 unspecified atom stereocenters. The van der Waals surface area contributed by atoms with Gasteiger partial charge in [-0.15, -0.1) is 0 Å².